The number of para-hydroxylation sites is 1. The van der Waals surface area contributed by atoms with Gasteiger partial charge in [0.25, 0.3) is 0 Å². The fraction of sp³-hybridized carbons (Fsp3) is 0.222. The van der Waals surface area contributed by atoms with E-state index >= 15 is 0 Å². The zero-order valence-corrected chi connectivity index (χ0v) is 13.4. The van der Waals surface area contributed by atoms with Gasteiger partial charge in [-0.1, -0.05) is 42.8 Å². The monoisotopic (exact) mass is 311 g/mol. The van der Waals surface area contributed by atoms with Crippen molar-refractivity contribution in [2.24, 2.45) is 0 Å². The quantitative estimate of drug-likeness (QED) is 0.723. The number of benzene rings is 2. The van der Waals surface area contributed by atoms with Crippen molar-refractivity contribution in [3.05, 3.63) is 53.6 Å². The number of halogens is 1. The lowest BCUT2D eigenvalue weighted by atomic mass is 10.1. The van der Waals surface area contributed by atoms with Crippen LogP contribution >= 0.6 is 11.6 Å². The first-order chi connectivity index (χ1) is 10.7. The molecule has 3 rings (SSSR count). The van der Waals surface area contributed by atoms with Gasteiger partial charge in [0.2, 0.25) is 0 Å². The molecule has 0 bridgehead atoms. The molecule has 0 amide bonds. The molecule has 0 aliphatic rings. The molecule has 0 aliphatic heterocycles. The maximum atomic E-state index is 6.29. The van der Waals surface area contributed by atoms with Gasteiger partial charge >= 0.3 is 0 Å². The van der Waals surface area contributed by atoms with Crippen molar-refractivity contribution in [3.63, 3.8) is 0 Å². The van der Waals surface area contributed by atoms with Gasteiger partial charge in [-0.05, 0) is 37.6 Å². The minimum atomic E-state index is 0.345. The van der Waals surface area contributed by atoms with Gasteiger partial charge < -0.3 is 5.32 Å². The number of nitrogens with one attached hydrogen (secondary N) is 1. The van der Waals surface area contributed by atoms with E-state index < -0.39 is 0 Å². The van der Waals surface area contributed by atoms with Crippen molar-refractivity contribution in [3.8, 4) is 11.4 Å². The molecular weight excluding hydrogens is 294 g/mol. The van der Waals surface area contributed by atoms with E-state index in [1.807, 2.05) is 48.5 Å². The number of fused-ring (bicyclic) bond motifs is 1. The topological polar surface area (TPSA) is 37.8 Å². The summed E-state index contributed by atoms with van der Waals surface area (Å²) in [6, 6.07) is 16.0. The molecule has 3 aromatic rings. The molecular formula is C18H18ClN3. The van der Waals surface area contributed by atoms with Gasteiger partial charge in [0.15, 0.2) is 5.82 Å². The summed E-state index contributed by atoms with van der Waals surface area (Å²) in [7, 11) is 0. The maximum absolute atomic E-state index is 6.29. The molecule has 0 fully saturated rings. The lowest BCUT2D eigenvalue weighted by Crippen LogP contribution is -2.15. The van der Waals surface area contributed by atoms with Crippen LogP contribution in [0.4, 0.5) is 5.82 Å². The predicted molar refractivity (Wildman–Crippen MR) is 93.4 cm³/mol. The van der Waals surface area contributed by atoms with Crippen molar-refractivity contribution in [2.45, 2.75) is 26.3 Å². The van der Waals surface area contributed by atoms with Gasteiger partial charge in [-0.15, -0.1) is 0 Å². The molecule has 0 aliphatic carbocycles. The van der Waals surface area contributed by atoms with Gasteiger partial charge in [0, 0.05) is 17.0 Å². The summed E-state index contributed by atoms with van der Waals surface area (Å²) >= 11 is 6.29. The molecule has 3 nitrogen and oxygen atoms in total. The van der Waals surface area contributed by atoms with Crippen LogP contribution in [0.5, 0.6) is 0 Å². The second kappa shape index (κ2) is 6.32. The average molecular weight is 312 g/mol. The Morgan fingerprint density at radius 1 is 1.05 bits per heavy atom. The molecule has 0 radical (unpaired) electrons. The first-order valence-electron chi connectivity index (χ1n) is 7.47. The van der Waals surface area contributed by atoms with E-state index in [1.165, 1.54) is 0 Å². The molecule has 1 atom stereocenters. The van der Waals surface area contributed by atoms with Gasteiger partial charge in [-0.25, -0.2) is 9.97 Å². The number of hydrogen-bond acceptors (Lipinski definition) is 3. The standard InChI is InChI=1S/C18H18ClN3/c1-3-12(2)20-18-14-9-5-7-11-16(14)21-17(22-18)13-8-4-6-10-15(13)19/h4-12H,3H2,1-2H3,(H,20,21,22)/t12-/m0/s1. The highest BCUT2D eigenvalue weighted by Gasteiger charge is 2.12. The Balaban J connectivity index is 2.18. The van der Waals surface area contributed by atoms with Crippen LogP contribution in [0.3, 0.4) is 0 Å². The Kier molecular flexibility index (Phi) is 4.25. The summed E-state index contributed by atoms with van der Waals surface area (Å²) in [5.74, 6) is 1.50. The van der Waals surface area contributed by atoms with E-state index in [-0.39, 0.29) is 0 Å². The number of nitrogens with zero attached hydrogens (tertiary/aromatic N) is 2. The second-order valence-corrected chi connectivity index (χ2v) is 5.75. The van der Waals surface area contributed by atoms with Gasteiger partial charge in [-0.3, -0.25) is 0 Å². The molecule has 4 heteroatoms. The average Bonchev–Trinajstić information content (AvgIpc) is 2.55. The molecule has 2 aromatic carbocycles. The highest BCUT2D eigenvalue weighted by molar-refractivity contribution is 6.33. The van der Waals surface area contributed by atoms with Crippen LogP contribution < -0.4 is 5.32 Å². The third-order valence-electron chi connectivity index (χ3n) is 3.71. The maximum Gasteiger partial charge on any atom is 0.163 e. The Morgan fingerprint density at radius 3 is 2.55 bits per heavy atom. The van der Waals surface area contributed by atoms with Crippen LogP contribution in [0, 0.1) is 0 Å². The van der Waals surface area contributed by atoms with Crippen LogP contribution in [-0.2, 0) is 0 Å². The fourth-order valence-corrected chi connectivity index (χ4v) is 2.51. The van der Waals surface area contributed by atoms with Crippen molar-refractivity contribution >= 4 is 28.3 Å². The van der Waals surface area contributed by atoms with E-state index in [2.05, 4.69) is 24.1 Å². The third-order valence-corrected chi connectivity index (χ3v) is 4.04. The highest BCUT2D eigenvalue weighted by atomic mass is 35.5. The minimum Gasteiger partial charge on any atom is -0.367 e. The van der Waals surface area contributed by atoms with E-state index in [0.29, 0.717) is 16.9 Å². The first-order valence-corrected chi connectivity index (χ1v) is 7.85. The van der Waals surface area contributed by atoms with E-state index in [1.54, 1.807) is 0 Å². The van der Waals surface area contributed by atoms with Crippen LogP contribution in [0.2, 0.25) is 5.02 Å². The number of anilines is 1. The van der Waals surface area contributed by atoms with E-state index in [9.17, 15) is 0 Å². The zero-order valence-electron chi connectivity index (χ0n) is 12.7. The Morgan fingerprint density at radius 2 is 1.77 bits per heavy atom. The smallest absolute Gasteiger partial charge is 0.163 e. The van der Waals surface area contributed by atoms with Crippen molar-refractivity contribution in [1.29, 1.82) is 0 Å². The summed E-state index contributed by atoms with van der Waals surface area (Å²) in [5, 5.41) is 5.16. The predicted octanol–water partition coefficient (Wildman–Crippen LogP) is 5.16. The molecule has 0 unspecified atom stereocenters. The molecule has 1 aromatic heterocycles. The SMILES string of the molecule is CC[C@H](C)Nc1nc(-c2ccccc2Cl)nc2ccccc12. The molecule has 0 spiro atoms. The molecule has 0 saturated carbocycles. The lowest BCUT2D eigenvalue weighted by molar-refractivity contribution is 0.760. The summed E-state index contributed by atoms with van der Waals surface area (Å²) in [4.78, 5) is 9.38. The molecule has 0 saturated heterocycles. The Labute approximate surface area is 135 Å². The van der Waals surface area contributed by atoms with Crippen molar-refractivity contribution in [1.82, 2.24) is 9.97 Å². The second-order valence-electron chi connectivity index (χ2n) is 5.35. The van der Waals surface area contributed by atoms with Crippen molar-refractivity contribution in [2.75, 3.05) is 5.32 Å². The normalized spacial score (nSPS) is 12.3. The highest BCUT2D eigenvalue weighted by Crippen LogP contribution is 2.29. The zero-order chi connectivity index (χ0) is 15.5. The molecule has 1 heterocycles. The van der Waals surface area contributed by atoms with E-state index in [0.717, 1.165) is 28.7 Å². The Hall–Kier alpha value is -2.13. The third kappa shape index (κ3) is 2.90. The summed E-state index contributed by atoms with van der Waals surface area (Å²) in [6.07, 6.45) is 1.03. The van der Waals surface area contributed by atoms with Crippen LogP contribution in [-0.4, -0.2) is 16.0 Å². The van der Waals surface area contributed by atoms with Gasteiger partial charge in [0.05, 0.1) is 10.5 Å². The Bertz CT molecular complexity index is 801. The minimum absolute atomic E-state index is 0.345. The first kappa shape index (κ1) is 14.8. The number of hydrogen-bond donors (Lipinski definition) is 1. The van der Waals surface area contributed by atoms with Crippen LogP contribution in [0.15, 0.2) is 48.5 Å². The number of rotatable bonds is 4. The van der Waals surface area contributed by atoms with Crippen LogP contribution in [0.1, 0.15) is 20.3 Å². The molecule has 1 N–H and O–H groups in total. The summed E-state index contributed by atoms with van der Waals surface area (Å²) in [5.41, 5.74) is 1.76. The van der Waals surface area contributed by atoms with Crippen LogP contribution in [0.25, 0.3) is 22.3 Å². The van der Waals surface area contributed by atoms with Crippen molar-refractivity contribution < 1.29 is 0 Å². The number of aromatic nitrogens is 2. The van der Waals surface area contributed by atoms with E-state index in [4.69, 9.17) is 16.6 Å². The molecule has 22 heavy (non-hydrogen) atoms. The van der Waals surface area contributed by atoms with Gasteiger partial charge in [-0.2, -0.15) is 0 Å². The molecule has 112 valence electrons. The summed E-state index contributed by atoms with van der Waals surface area (Å²) < 4.78 is 0. The largest absolute Gasteiger partial charge is 0.367 e. The summed E-state index contributed by atoms with van der Waals surface area (Å²) in [6.45, 7) is 4.29. The van der Waals surface area contributed by atoms with Gasteiger partial charge in [0.1, 0.15) is 5.82 Å². The fourth-order valence-electron chi connectivity index (χ4n) is 2.29. The lowest BCUT2D eigenvalue weighted by Gasteiger charge is -2.15.